The predicted octanol–water partition coefficient (Wildman–Crippen LogP) is 3.42. The molecule has 1 fully saturated rings. The van der Waals surface area contributed by atoms with E-state index in [-0.39, 0.29) is 11.7 Å². The topological polar surface area (TPSA) is 69.3 Å². The monoisotopic (exact) mass is 467 g/mol. The van der Waals surface area contributed by atoms with Crippen LogP contribution >= 0.6 is 0 Å². The van der Waals surface area contributed by atoms with E-state index in [0.717, 1.165) is 55.3 Å². The van der Waals surface area contributed by atoms with Gasteiger partial charge in [-0.25, -0.2) is 9.40 Å². The lowest BCUT2D eigenvalue weighted by Gasteiger charge is -2.37. The third-order valence-electron chi connectivity index (χ3n) is 6.49. The Bertz CT molecular complexity index is 1080. The van der Waals surface area contributed by atoms with Crippen LogP contribution in [0.4, 0.5) is 21.5 Å². The summed E-state index contributed by atoms with van der Waals surface area (Å²) < 4.78 is 20.5. The SMILES string of the molecule is CCC1=CN(c2ccc(NC(=O)C3CCc4cc(F)cc(N5CCN(C)CC5)c4O3)cc2)NO1. The smallest absolute Gasteiger partial charge is 0.265 e. The van der Waals surface area contributed by atoms with Crippen LogP contribution in [0.1, 0.15) is 25.3 Å². The number of piperazine rings is 1. The molecule has 0 spiro atoms. The maximum Gasteiger partial charge on any atom is 0.265 e. The summed E-state index contributed by atoms with van der Waals surface area (Å²) in [5, 5.41) is 4.73. The highest BCUT2D eigenvalue weighted by atomic mass is 19.1. The lowest BCUT2D eigenvalue weighted by atomic mass is 9.99. The molecule has 0 bridgehead atoms. The Kier molecular flexibility index (Phi) is 6.30. The maximum absolute atomic E-state index is 14.3. The number of rotatable bonds is 5. The molecule has 3 aliphatic rings. The molecule has 0 saturated carbocycles. The zero-order valence-electron chi connectivity index (χ0n) is 19.5. The predicted molar refractivity (Wildman–Crippen MR) is 129 cm³/mol. The number of ether oxygens (including phenoxy) is 1. The van der Waals surface area contributed by atoms with Crippen LogP contribution in [0.3, 0.4) is 0 Å². The second kappa shape index (κ2) is 9.52. The number of nitrogens with zero attached hydrogens (tertiary/aromatic N) is 3. The Labute approximate surface area is 198 Å². The first kappa shape index (κ1) is 22.5. The summed E-state index contributed by atoms with van der Waals surface area (Å²) in [6.07, 6.45) is 3.15. The van der Waals surface area contributed by atoms with Crippen LogP contribution in [0, 0.1) is 5.82 Å². The van der Waals surface area contributed by atoms with E-state index in [1.807, 2.05) is 37.4 Å². The van der Waals surface area contributed by atoms with E-state index in [4.69, 9.17) is 9.57 Å². The summed E-state index contributed by atoms with van der Waals surface area (Å²) in [6.45, 7) is 5.42. The van der Waals surface area contributed by atoms with Gasteiger partial charge < -0.3 is 24.7 Å². The summed E-state index contributed by atoms with van der Waals surface area (Å²) in [5.41, 5.74) is 5.97. The molecule has 2 N–H and O–H groups in total. The highest BCUT2D eigenvalue weighted by Gasteiger charge is 2.30. The molecular formula is C25H30FN5O3. The number of allylic oxidation sites excluding steroid dienone is 1. The lowest BCUT2D eigenvalue weighted by Crippen LogP contribution is -2.45. The van der Waals surface area contributed by atoms with Gasteiger partial charge in [-0.15, -0.1) is 0 Å². The first-order chi connectivity index (χ1) is 16.5. The zero-order chi connectivity index (χ0) is 23.7. The third-order valence-corrected chi connectivity index (χ3v) is 6.49. The van der Waals surface area contributed by atoms with Crippen LogP contribution in [0.5, 0.6) is 5.75 Å². The minimum absolute atomic E-state index is 0.206. The van der Waals surface area contributed by atoms with Gasteiger partial charge in [0.1, 0.15) is 17.3 Å². The summed E-state index contributed by atoms with van der Waals surface area (Å²) in [5.74, 6) is 1.01. The van der Waals surface area contributed by atoms with Crippen molar-refractivity contribution in [3.05, 3.63) is 59.7 Å². The molecule has 34 heavy (non-hydrogen) atoms. The number of hydrazine groups is 1. The van der Waals surface area contributed by atoms with Gasteiger partial charge in [-0.3, -0.25) is 4.79 Å². The van der Waals surface area contributed by atoms with E-state index in [0.29, 0.717) is 24.3 Å². The van der Waals surface area contributed by atoms with Gasteiger partial charge >= 0.3 is 0 Å². The Morgan fingerprint density at radius 1 is 1.18 bits per heavy atom. The number of hydrogen-bond acceptors (Lipinski definition) is 7. The molecule has 0 aromatic heterocycles. The molecular weight excluding hydrogens is 437 g/mol. The molecule has 8 nitrogen and oxygen atoms in total. The Morgan fingerprint density at radius 3 is 2.65 bits per heavy atom. The van der Waals surface area contributed by atoms with E-state index >= 15 is 0 Å². The quantitative estimate of drug-likeness (QED) is 0.698. The Hall–Kier alpha value is -3.30. The number of benzene rings is 2. The fraction of sp³-hybridized carbons (Fsp3) is 0.400. The molecule has 0 aliphatic carbocycles. The van der Waals surface area contributed by atoms with Crippen LogP contribution in [0.25, 0.3) is 0 Å². The van der Waals surface area contributed by atoms with E-state index in [1.54, 1.807) is 5.01 Å². The van der Waals surface area contributed by atoms with Crippen LogP contribution in [-0.2, 0) is 16.1 Å². The first-order valence-electron chi connectivity index (χ1n) is 11.8. The molecule has 0 radical (unpaired) electrons. The van der Waals surface area contributed by atoms with E-state index in [2.05, 4.69) is 27.8 Å². The summed E-state index contributed by atoms with van der Waals surface area (Å²) in [6, 6.07) is 10.5. The average molecular weight is 468 g/mol. The number of hydrogen-bond donors (Lipinski definition) is 2. The molecule has 2 aromatic rings. The minimum atomic E-state index is -0.632. The second-order valence-corrected chi connectivity index (χ2v) is 8.90. The van der Waals surface area contributed by atoms with Gasteiger partial charge in [-0.2, -0.15) is 0 Å². The van der Waals surface area contributed by atoms with Gasteiger partial charge in [-0.05, 0) is 55.8 Å². The van der Waals surface area contributed by atoms with E-state index in [9.17, 15) is 9.18 Å². The van der Waals surface area contributed by atoms with Crippen LogP contribution in [0.2, 0.25) is 0 Å². The number of nitrogens with one attached hydrogen (secondary N) is 2. The lowest BCUT2D eigenvalue weighted by molar-refractivity contribution is -0.123. The van der Waals surface area contributed by atoms with Crippen molar-refractivity contribution in [3.8, 4) is 5.75 Å². The Balaban J connectivity index is 1.27. The molecule has 1 saturated heterocycles. The van der Waals surface area contributed by atoms with E-state index in [1.165, 1.54) is 12.1 Å². The van der Waals surface area contributed by atoms with Crippen LogP contribution in [0.15, 0.2) is 48.4 Å². The summed E-state index contributed by atoms with van der Waals surface area (Å²) in [7, 11) is 2.08. The number of carbonyl (C=O) groups excluding carboxylic acids is 1. The molecule has 1 amide bonds. The normalized spacial score (nSPS) is 20.3. The third kappa shape index (κ3) is 4.67. The van der Waals surface area contributed by atoms with Crippen molar-refractivity contribution in [3.63, 3.8) is 0 Å². The van der Waals surface area contributed by atoms with Crippen molar-refractivity contribution >= 4 is 23.0 Å². The van der Waals surface area contributed by atoms with Crippen molar-refractivity contribution < 1.29 is 18.8 Å². The standard InChI is InChI=1S/C25H30FN5O3/c1-3-21-16-31(28-34-21)20-7-5-19(6-8-20)27-25(32)23-9-4-17-14-18(26)15-22(24(17)33-23)30-12-10-29(2)11-13-30/h5-8,14-16,23,28H,3-4,9-13H2,1-2H3,(H,27,32). The second-order valence-electron chi connectivity index (χ2n) is 8.90. The van der Waals surface area contributed by atoms with Crippen molar-refractivity contribution in [2.75, 3.05) is 48.5 Å². The van der Waals surface area contributed by atoms with Crippen LogP contribution < -0.4 is 25.6 Å². The molecule has 3 aliphatic heterocycles. The number of aryl methyl sites for hydroxylation is 1. The highest BCUT2D eigenvalue weighted by molar-refractivity contribution is 5.95. The molecule has 1 atom stereocenters. The number of fused-ring (bicyclic) bond motifs is 1. The zero-order valence-corrected chi connectivity index (χ0v) is 19.5. The Morgan fingerprint density at radius 2 is 1.94 bits per heavy atom. The molecule has 180 valence electrons. The van der Waals surface area contributed by atoms with Gasteiger partial charge in [0, 0.05) is 44.4 Å². The fourth-order valence-electron chi connectivity index (χ4n) is 4.43. The number of carbonyl (C=O) groups is 1. The molecule has 3 heterocycles. The van der Waals surface area contributed by atoms with Gasteiger partial charge in [0.2, 0.25) is 0 Å². The molecule has 5 rings (SSSR count). The summed E-state index contributed by atoms with van der Waals surface area (Å²) in [4.78, 5) is 22.8. The first-order valence-corrected chi connectivity index (χ1v) is 11.8. The van der Waals surface area contributed by atoms with Gasteiger partial charge in [0.15, 0.2) is 6.10 Å². The number of halogens is 1. The van der Waals surface area contributed by atoms with Gasteiger partial charge in [0.05, 0.1) is 17.6 Å². The average Bonchev–Trinajstić information content (AvgIpc) is 3.34. The highest BCUT2D eigenvalue weighted by Crippen LogP contribution is 2.39. The fourth-order valence-corrected chi connectivity index (χ4v) is 4.43. The molecule has 9 heteroatoms. The largest absolute Gasteiger partial charge is 0.478 e. The minimum Gasteiger partial charge on any atom is -0.478 e. The number of amides is 1. The van der Waals surface area contributed by atoms with E-state index < -0.39 is 6.10 Å². The number of likely N-dealkylation sites (N-methyl/N-ethyl adjacent to an activating group) is 1. The van der Waals surface area contributed by atoms with Gasteiger partial charge in [-0.1, -0.05) is 12.5 Å². The number of anilines is 3. The van der Waals surface area contributed by atoms with Crippen molar-refractivity contribution in [2.24, 2.45) is 0 Å². The van der Waals surface area contributed by atoms with Crippen molar-refractivity contribution in [1.82, 2.24) is 10.5 Å². The molecule has 1 unspecified atom stereocenters. The maximum atomic E-state index is 14.3. The summed E-state index contributed by atoms with van der Waals surface area (Å²) >= 11 is 0. The van der Waals surface area contributed by atoms with Crippen LogP contribution in [-0.4, -0.2) is 50.1 Å². The van der Waals surface area contributed by atoms with Gasteiger partial charge in [0.25, 0.3) is 5.91 Å². The van der Waals surface area contributed by atoms with Crippen molar-refractivity contribution in [1.29, 1.82) is 0 Å². The van der Waals surface area contributed by atoms with Crippen molar-refractivity contribution in [2.45, 2.75) is 32.3 Å². The molecule has 2 aromatic carbocycles.